The number of anilines is 1. The third kappa shape index (κ3) is 3.56. The Bertz CT molecular complexity index is 549. The van der Waals surface area contributed by atoms with Gasteiger partial charge in [0, 0.05) is 26.7 Å². The zero-order valence-electron chi connectivity index (χ0n) is 12.7. The maximum atomic E-state index is 12.6. The van der Waals surface area contributed by atoms with E-state index in [4.69, 9.17) is 5.11 Å². The van der Waals surface area contributed by atoms with Crippen LogP contribution >= 0.6 is 0 Å². The number of hydrogen-bond donors (Lipinski definition) is 1. The van der Waals surface area contributed by atoms with Crippen molar-refractivity contribution in [3.05, 3.63) is 29.8 Å². The van der Waals surface area contributed by atoms with E-state index in [9.17, 15) is 8.42 Å². The zero-order valence-corrected chi connectivity index (χ0v) is 13.5. The topological polar surface area (TPSA) is 60.9 Å². The van der Waals surface area contributed by atoms with Crippen molar-refractivity contribution in [2.45, 2.75) is 26.2 Å². The van der Waals surface area contributed by atoms with Gasteiger partial charge in [0.25, 0.3) is 0 Å². The Kier molecular flexibility index (Phi) is 5.24. The Hall–Kier alpha value is -1.11. The van der Waals surface area contributed by atoms with Crippen molar-refractivity contribution in [1.29, 1.82) is 0 Å². The fraction of sp³-hybridized carbons (Fsp3) is 0.600. The molecule has 118 valence electrons. The van der Waals surface area contributed by atoms with Crippen molar-refractivity contribution in [3.63, 3.8) is 0 Å². The molecular formula is C15H24N2O3S. The lowest BCUT2D eigenvalue weighted by Gasteiger charge is -2.33. The number of piperidine rings is 1. The summed E-state index contributed by atoms with van der Waals surface area (Å²) in [4.78, 5) is 0. The molecule has 1 aromatic rings. The number of nitrogens with zero attached hydrogens (tertiary/aromatic N) is 2. The second-order valence-electron chi connectivity index (χ2n) is 5.52. The Balaban J connectivity index is 2.11. The van der Waals surface area contributed by atoms with E-state index >= 15 is 0 Å². The van der Waals surface area contributed by atoms with E-state index in [1.54, 1.807) is 7.05 Å². The van der Waals surface area contributed by atoms with Crippen molar-refractivity contribution in [2.75, 3.05) is 31.0 Å². The first-order chi connectivity index (χ1) is 9.98. The molecule has 0 radical (unpaired) electrons. The molecule has 1 fully saturated rings. The Morgan fingerprint density at radius 1 is 1.24 bits per heavy atom. The van der Waals surface area contributed by atoms with Crippen molar-refractivity contribution in [2.24, 2.45) is 5.92 Å². The molecule has 0 amide bonds. The molecule has 0 spiro atoms. The average molecular weight is 312 g/mol. The molecule has 6 heteroatoms. The predicted molar refractivity (Wildman–Crippen MR) is 84.5 cm³/mol. The van der Waals surface area contributed by atoms with Crippen molar-refractivity contribution in [3.8, 4) is 0 Å². The highest BCUT2D eigenvalue weighted by Crippen LogP contribution is 2.24. The van der Waals surface area contributed by atoms with E-state index < -0.39 is 10.2 Å². The lowest BCUT2D eigenvalue weighted by atomic mass is 10.00. The van der Waals surface area contributed by atoms with Crippen LogP contribution < -0.4 is 4.31 Å². The Morgan fingerprint density at radius 3 is 2.29 bits per heavy atom. The molecular weight excluding hydrogens is 288 g/mol. The lowest BCUT2D eigenvalue weighted by Crippen LogP contribution is -2.46. The summed E-state index contributed by atoms with van der Waals surface area (Å²) in [6.07, 6.45) is 2.38. The smallest absolute Gasteiger partial charge is 0.303 e. The van der Waals surface area contributed by atoms with Crippen molar-refractivity contribution >= 4 is 15.9 Å². The molecule has 5 nitrogen and oxygen atoms in total. The minimum Gasteiger partial charge on any atom is -0.396 e. The molecule has 21 heavy (non-hydrogen) atoms. The number of rotatable bonds is 5. The van der Waals surface area contributed by atoms with Gasteiger partial charge in [0.15, 0.2) is 0 Å². The third-order valence-corrected chi connectivity index (χ3v) is 6.13. The highest BCUT2D eigenvalue weighted by Gasteiger charge is 2.31. The van der Waals surface area contributed by atoms with Crippen LogP contribution in [0.4, 0.5) is 5.69 Å². The maximum absolute atomic E-state index is 12.6. The van der Waals surface area contributed by atoms with Gasteiger partial charge in [0.2, 0.25) is 0 Å². The van der Waals surface area contributed by atoms with E-state index in [2.05, 4.69) is 6.92 Å². The molecule has 0 bridgehead atoms. The third-order valence-electron chi connectivity index (χ3n) is 4.21. The monoisotopic (exact) mass is 312 g/mol. The van der Waals surface area contributed by atoms with Gasteiger partial charge in [0.1, 0.15) is 0 Å². The van der Waals surface area contributed by atoms with Gasteiger partial charge in [0.05, 0.1) is 5.69 Å². The van der Waals surface area contributed by atoms with E-state index in [0.29, 0.717) is 18.8 Å². The Morgan fingerprint density at radius 2 is 1.81 bits per heavy atom. The van der Waals surface area contributed by atoms with Gasteiger partial charge >= 0.3 is 10.2 Å². The van der Waals surface area contributed by atoms with E-state index in [0.717, 1.165) is 19.3 Å². The van der Waals surface area contributed by atoms with Gasteiger partial charge in [-0.25, -0.2) is 0 Å². The van der Waals surface area contributed by atoms with Gasteiger partial charge in [-0.1, -0.05) is 19.1 Å². The van der Waals surface area contributed by atoms with Crippen LogP contribution in [0.15, 0.2) is 24.3 Å². The average Bonchev–Trinajstić information content (AvgIpc) is 2.54. The van der Waals surface area contributed by atoms with Crippen LogP contribution in [0.1, 0.15) is 25.3 Å². The molecule has 0 atom stereocenters. The van der Waals surface area contributed by atoms with Crippen LogP contribution in [0, 0.1) is 5.92 Å². The van der Waals surface area contributed by atoms with Gasteiger partial charge < -0.3 is 5.11 Å². The standard InChI is InChI=1S/C15H24N2O3S/c1-3-13-4-6-15(7-5-13)16(2)21(19,20)17-10-8-14(12-18)9-11-17/h4-7,14,18H,3,8-12H2,1-2H3. The second kappa shape index (κ2) is 6.77. The molecule has 1 N–H and O–H groups in total. The van der Waals surface area contributed by atoms with E-state index in [1.165, 1.54) is 14.2 Å². The Labute approximate surface area is 127 Å². The van der Waals surface area contributed by atoms with E-state index in [1.807, 2.05) is 24.3 Å². The fourth-order valence-corrected chi connectivity index (χ4v) is 3.98. The molecule has 0 unspecified atom stereocenters. The largest absolute Gasteiger partial charge is 0.396 e. The molecule has 1 aromatic carbocycles. The summed E-state index contributed by atoms with van der Waals surface area (Å²) in [5.74, 6) is 0.227. The SMILES string of the molecule is CCc1ccc(N(C)S(=O)(=O)N2CCC(CO)CC2)cc1. The number of aryl methyl sites for hydroxylation is 1. The molecule has 2 rings (SSSR count). The van der Waals surface area contributed by atoms with Crippen LogP contribution in [-0.2, 0) is 16.6 Å². The van der Waals surface area contributed by atoms with Gasteiger partial charge in [-0.2, -0.15) is 12.7 Å². The minimum atomic E-state index is -3.48. The number of benzene rings is 1. The first kappa shape index (κ1) is 16.3. The molecule has 0 aliphatic carbocycles. The van der Waals surface area contributed by atoms with Crippen molar-refractivity contribution in [1.82, 2.24) is 4.31 Å². The normalized spacial score (nSPS) is 17.9. The zero-order chi connectivity index (χ0) is 15.5. The summed E-state index contributed by atoms with van der Waals surface area (Å²) in [5.41, 5.74) is 1.87. The van der Waals surface area contributed by atoms with Crippen LogP contribution in [0.5, 0.6) is 0 Å². The maximum Gasteiger partial charge on any atom is 0.303 e. The van der Waals surface area contributed by atoms with Gasteiger partial charge in [-0.05, 0) is 42.9 Å². The number of aliphatic hydroxyl groups excluding tert-OH is 1. The molecule has 1 heterocycles. The first-order valence-corrected chi connectivity index (χ1v) is 8.82. The summed E-state index contributed by atoms with van der Waals surface area (Å²) in [7, 11) is -1.89. The highest BCUT2D eigenvalue weighted by molar-refractivity contribution is 7.90. The molecule has 1 saturated heterocycles. The molecule has 0 aromatic heterocycles. The number of aliphatic hydroxyl groups is 1. The van der Waals surface area contributed by atoms with Crippen molar-refractivity contribution < 1.29 is 13.5 Å². The summed E-state index contributed by atoms with van der Waals surface area (Å²) in [5, 5.41) is 9.14. The second-order valence-corrected chi connectivity index (χ2v) is 7.48. The molecule has 0 saturated carbocycles. The van der Waals surface area contributed by atoms with Gasteiger partial charge in [-0.15, -0.1) is 0 Å². The van der Waals surface area contributed by atoms with Crippen LogP contribution in [-0.4, -0.2) is 44.6 Å². The lowest BCUT2D eigenvalue weighted by molar-refractivity contribution is 0.170. The van der Waals surface area contributed by atoms with E-state index in [-0.39, 0.29) is 12.5 Å². The van der Waals surface area contributed by atoms with Crippen LogP contribution in [0.25, 0.3) is 0 Å². The predicted octanol–water partition coefficient (Wildman–Crippen LogP) is 1.63. The summed E-state index contributed by atoms with van der Waals surface area (Å²) in [6, 6.07) is 7.60. The minimum absolute atomic E-state index is 0.141. The fourth-order valence-electron chi connectivity index (χ4n) is 2.57. The van der Waals surface area contributed by atoms with Crippen LogP contribution in [0.2, 0.25) is 0 Å². The number of hydrogen-bond acceptors (Lipinski definition) is 3. The quantitative estimate of drug-likeness (QED) is 0.899. The van der Waals surface area contributed by atoms with Crippen LogP contribution in [0.3, 0.4) is 0 Å². The summed E-state index contributed by atoms with van der Waals surface area (Å²) >= 11 is 0. The first-order valence-electron chi connectivity index (χ1n) is 7.42. The summed E-state index contributed by atoms with van der Waals surface area (Å²) < 4.78 is 28.1. The summed E-state index contributed by atoms with van der Waals surface area (Å²) in [6.45, 7) is 3.17. The molecule has 1 aliphatic heterocycles. The molecule has 1 aliphatic rings. The highest BCUT2D eigenvalue weighted by atomic mass is 32.2. The van der Waals surface area contributed by atoms with Gasteiger partial charge in [-0.3, -0.25) is 4.31 Å².